The van der Waals surface area contributed by atoms with Gasteiger partial charge in [0.25, 0.3) is 11.8 Å². The van der Waals surface area contributed by atoms with Crippen LogP contribution in [0.3, 0.4) is 0 Å². The van der Waals surface area contributed by atoms with E-state index in [9.17, 15) is 14.4 Å². The van der Waals surface area contributed by atoms with Crippen molar-refractivity contribution in [2.75, 3.05) is 10.2 Å². The Morgan fingerprint density at radius 1 is 1.07 bits per heavy atom. The molecule has 2 aromatic rings. The average molecular weight is 399 g/mol. The summed E-state index contributed by atoms with van der Waals surface area (Å²) < 4.78 is 5.16. The molecule has 0 saturated heterocycles. The Labute approximate surface area is 167 Å². The molecule has 0 aliphatic carbocycles. The zero-order valence-electron chi connectivity index (χ0n) is 15.7. The van der Waals surface area contributed by atoms with Crippen molar-refractivity contribution in [2.24, 2.45) is 0 Å². The second-order valence-corrected chi connectivity index (χ2v) is 7.01. The van der Waals surface area contributed by atoms with Gasteiger partial charge in [0.15, 0.2) is 0 Å². The predicted octanol–water partition coefficient (Wildman–Crippen LogP) is 4.00. The van der Waals surface area contributed by atoms with Crippen LogP contribution < -0.4 is 10.2 Å². The maximum atomic E-state index is 12.9. The highest BCUT2D eigenvalue weighted by atomic mass is 35.5. The number of halogens is 1. The number of benzene rings is 2. The Balaban J connectivity index is 1.88. The monoisotopic (exact) mass is 398 g/mol. The Bertz CT molecular complexity index is 997. The van der Waals surface area contributed by atoms with Crippen LogP contribution in [0.2, 0.25) is 0 Å². The summed E-state index contributed by atoms with van der Waals surface area (Å²) in [6.07, 6.45) is -0.285. The minimum atomic E-state index is -0.656. The van der Waals surface area contributed by atoms with Crippen molar-refractivity contribution in [3.05, 3.63) is 70.4 Å². The van der Waals surface area contributed by atoms with Gasteiger partial charge in [-0.1, -0.05) is 29.8 Å². The SMILES string of the molecule is Cc1cccc(NC2=C(Cl)C(=O)N(c3cccc(C(=O)OC(C)C)c3)C2=O)c1. The summed E-state index contributed by atoms with van der Waals surface area (Å²) in [5.74, 6) is -1.78. The molecule has 2 amide bonds. The standard InChI is InChI=1S/C21H19ClN2O4/c1-12(2)28-21(27)14-7-5-9-16(11-14)24-19(25)17(22)18(20(24)26)23-15-8-4-6-13(3)10-15/h4-12,23H,1-3H3. The van der Waals surface area contributed by atoms with E-state index in [1.165, 1.54) is 6.07 Å². The molecule has 0 radical (unpaired) electrons. The van der Waals surface area contributed by atoms with Crippen molar-refractivity contribution in [3.8, 4) is 0 Å². The minimum absolute atomic E-state index is 0.00701. The fourth-order valence-electron chi connectivity index (χ4n) is 2.77. The third kappa shape index (κ3) is 3.92. The molecule has 1 aliphatic rings. The topological polar surface area (TPSA) is 75.7 Å². The molecule has 3 rings (SSSR count). The molecular weight excluding hydrogens is 380 g/mol. The van der Waals surface area contributed by atoms with Crippen LogP contribution in [0.5, 0.6) is 0 Å². The summed E-state index contributed by atoms with van der Waals surface area (Å²) in [5, 5.41) is 2.71. The van der Waals surface area contributed by atoms with E-state index in [1.807, 2.05) is 25.1 Å². The summed E-state index contributed by atoms with van der Waals surface area (Å²) in [6.45, 7) is 5.39. The Hall–Kier alpha value is -3.12. The van der Waals surface area contributed by atoms with Crippen LogP contribution in [0.1, 0.15) is 29.8 Å². The van der Waals surface area contributed by atoms with Crippen molar-refractivity contribution in [3.63, 3.8) is 0 Å². The van der Waals surface area contributed by atoms with Crippen molar-refractivity contribution in [1.29, 1.82) is 0 Å². The van der Waals surface area contributed by atoms with Crippen LogP contribution >= 0.6 is 11.6 Å². The normalized spacial score (nSPS) is 14.1. The molecule has 0 bridgehead atoms. The second kappa shape index (κ2) is 7.86. The lowest BCUT2D eigenvalue weighted by atomic mass is 10.2. The minimum Gasteiger partial charge on any atom is -0.459 e. The molecule has 0 fully saturated rings. The molecule has 1 N–H and O–H groups in total. The molecule has 2 aromatic carbocycles. The Kier molecular flexibility index (Phi) is 5.51. The molecule has 144 valence electrons. The maximum absolute atomic E-state index is 12.9. The van der Waals surface area contributed by atoms with Gasteiger partial charge in [0.1, 0.15) is 10.7 Å². The fourth-order valence-corrected chi connectivity index (χ4v) is 2.98. The lowest BCUT2D eigenvalue weighted by molar-refractivity contribution is -0.120. The second-order valence-electron chi connectivity index (χ2n) is 6.63. The van der Waals surface area contributed by atoms with Gasteiger partial charge < -0.3 is 10.1 Å². The van der Waals surface area contributed by atoms with E-state index < -0.39 is 17.8 Å². The molecule has 28 heavy (non-hydrogen) atoms. The third-order valence-corrected chi connectivity index (χ3v) is 4.35. The van der Waals surface area contributed by atoms with Gasteiger partial charge in [-0.05, 0) is 56.7 Å². The van der Waals surface area contributed by atoms with Gasteiger partial charge in [0, 0.05) is 5.69 Å². The molecular formula is C21H19ClN2O4. The molecule has 0 unspecified atom stereocenters. The molecule has 1 aliphatic heterocycles. The summed E-state index contributed by atoms with van der Waals surface area (Å²) in [7, 11) is 0. The van der Waals surface area contributed by atoms with Gasteiger partial charge in [-0.25, -0.2) is 9.69 Å². The van der Waals surface area contributed by atoms with Gasteiger partial charge >= 0.3 is 5.97 Å². The quantitative estimate of drug-likeness (QED) is 0.608. The summed E-state index contributed by atoms with van der Waals surface area (Å²) in [6, 6.07) is 13.5. The fraction of sp³-hybridized carbons (Fsp3) is 0.190. The van der Waals surface area contributed by atoms with Gasteiger partial charge in [-0.2, -0.15) is 0 Å². The number of carbonyl (C=O) groups excluding carboxylic acids is 3. The van der Waals surface area contributed by atoms with Crippen LogP contribution in [-0.2, 0) is 14.3 Å². The van der Waals surface area contributed by atoms with Crippen molar-refractivity contribution >= 4 is 40.8 Å². The van der Waals surface area contributed by atoms with Crippen LogP contribution in [0.4, 0.5) is 11.4 Å². The molecule has 0 aromatic heterocycles. The summed E-state index contributed by atoms with van der Waals surface area (Å²) in [5.41, 5.74) is 2.11. The predicted molar refractivity (Wildman–Crippen MR) is 107 cm³/mol. The highest BCUT2D eigenvalue weighted by Crippen LogP contribution is 2.30. The number of anilines is 2. The zero-order chi connectivity index (χ0) is 20.4. The van der Waals surface area contributed by atoms with Gasteiger partial charge in [-0.3, -0.25) is 9.59 Å². The Morgan fingerprint density at radius 2 is 1.79 bits per heavy atom. The van der Waals surface area contributed by atoms with Gasteiger partial charge in [0.05, 0.1) is 17.4 Å². The smallest absolute Gasteiger partial charge is 0.338 e. The number of ether oxygens (including phenoxy) is 1. The van der Waals surface area contributed by atoms with E-state index in [-0.39, 0.29) is 28.1 Å². The lowest BCUT2D eigenvalue weighted by Crippen LogP contribution is -2.32. The number of rotatable bonds is 5. The highest BCUT2D eigenvalue weighted by Gasteiger charge is 2.39. The van der Waals surface area contributed by atoms with Crippen LogP contribution in [0, 0.1) is 6.92 Å². The summed E-state index contributed by atoms with van der Waals surface area (Å²) >= 11 is 6.14. The number of esters is 1. The number of nitrogens with zero attached hydrogens (tertiary/aromatic N) is 1. The highest BCUT2D eigenvalue weighted by molar-refractivity contribution is 6.53. The van der Waals surface area contributed by atoms with Crippen LogP contribution in [0.25, 0.3) is 0 Å². The van der Waals surface area contributed by atoms with Crippen LogP contribution in [-0.4, -0.2) is 23.9 Å². The number of amides is 2. The molecule has 6 nitrogen and oxygen atoms in total. The zero-order valence-corrected chi connectivity index (χ0v) is 16.4. The van der Waals surface area contributed by atoms with E-state index in [0.29, 0.717) is 5.69 Å². The molecule has 1 heterocycles. The third-order valence-electron chi connectivity index (χ3n) is 4.00. The average Bonchev–Trinajstić information content (AvgIpc) is 2.85. The van der Waals surface area contributed by atoms with E-state index in [2.05, 4.69) is 5.32 Å². The van der Waals surface area contributed by atoms with Gasteiger partial charge in [-0.15, -0.1) is 0 Å². The molecule has 0 spiro atoms. The van der Waals surface area contributed by atoms with Crippen LogP contribution in [0.15, 0.2) is 59.3 Å². The molecule has 0 saturated carbocycles. The first-order valence-corrected chi connectivity index (χ1v) is 9.09. The Morgan fingerprint density at radius 3 is 2.46 bits per heavy atom. The first-order valence-electron chi connectivity index (χ1n) is 8.71. The summed E-state index contributed by atoms with van der Waals surface area (Å²) in [4.78, 5) is 38.5. The molecule has 0 atom stereocenters. The number of imide groups is 1. The number of hydrogen-bond acceptors (Lipinski definition) is 5. The largest absolute Gasteiger partial charge is 0.459 e. The van der Waals surface area contributed by atoms with Crippen molar-refractivity contribution in [1.82, 2.24) is 0 Å². The van der Waals surface area contributed by atoms with Crippen molar-refractivity contribution < 1.29 is 19.1 Å². The lowest BCUT2D eigenvalue weighted by Gasteiger charge is -2.16. The van der Waals surface area contributed by atoms with E-state index >= 15 is 0 Å². The van der Waals surface area contributed by atoms with E-state index in [1.54, 1.807) is 38.1 Å². The van der Waals surface area contributed by atoms with Gasteiger partial charge in [0.2, 0.25) is 0 Å². The van der Waals surface area contributed by atoms with E-state index in [4.69, 9.17) is 16.3 Å². The number of nitrogens with one attached hydrogen (secondary N) is 1. The maximum Gasteiger partial charge on any atom is 0.338 e. The number of carbonyl (C=O) groups is 3. The first-order chi connectivity index (χ1) is 13.3. The number of hydrogen-bond donors (Lipinski definition) is 1. The number of aryl methyl sites for hydroxylation is 1. The first kappa shape index (κ1) is 19.6. The van der Waals surface area contributed by atoms with E-state index in [0.717, 1.165) is 10.5 Å². The van der Waals surface area contributed by atoms with Crippen molar-refractivity contribution in [2.45, 2.75) is 26.9 Å². The molecule has 7 heteroatoms.